The number of nitrogens with one attached hydrogen (secondary N) is 1. The van der Waals surface area contributed by atoms with Gasteiger partial charge in [-0.3, -0.25) is 0 Å². The first kappa shape index (κ1) is 11.0. The monoisotopic (exact) mass is 237 g/mol. The van der Waals surface area contributed by atoms with Gasteiger partial charge >= 0.3 is 5.35 Å². The molecule has 0 saturated carbocycles. The summed E-state index contributed by atoms with van der Waals surface area (Å²) in [4.78, 5) is 0. The van der Waals surface area contributed by atoms with Crippen LogP contribution in [-0.4, -0.2) is 10.2 Å². The van der Waals surface area contributed by atoms with E-state index in [1.165, 1.54) is 11.1 Å². The molecule has 2 aromatic rings. The maximum absolute atomic E-state index is 5.54. The number of benzene rings is 1. The molecule has 0 atom stereocenters. The molecule has 0 saturated heterocycles. The Morgan fingerprint density at radius 2 is 1.94 bits per heavy atom. The summed E-state index contributed by atoms with van der Waals surface area (Å²) in [5, 5.41) is 10.7. The van der Waals surface area contributed by atoms with Crippen molar-refractivity contribution in [3.8, 4) is 0 Å². The third kappa shape index (κ3) is 2.33. The summed E-state index contributed by atoms with van der Waals surface area (Å²) in [6.45, 7) is 4.58. The standard InChI is InChI=1S/C11H12ClN3O/c1-7-4-3-5-8(2)10(7)13-6-9-14-15-11(12)16-9/h3-5,13H,6H2,1-2H3. The quantitative estimate of drug-likeness (QED) is 0.892. The van der Waals surface area contributed by atoms with Crippen LogP contribution in [-0.2, 0) is 6.54 Å². The molecule has 0 spiro atoms. The zero-order chi connectivity index (χ0) is 11.5. The molecule has 0 amide bonds. The number of rotatable bonds is 3. The molecule has 0 bridgehead atoms. The number of hydrogen-bond acceptors (Lipinski definition) is 4. The summed E-state index contributed by atoms with van der Waals surface area (Å²) in [7, 11) is 0. The molecule has 4 nitrogen and oxygen atoms in total. The highest BCUT2D eigenvalue weighted by molar-refractivity contribution is 6.27. The summed E-state index contributed by atoms with van der Waals surface area (Å²) < 4.78 is 5.07. The van der Waals surface area contributed by atoms with Gasteiger partial charge in [-0.2, -0.15) is 0 Å². The van der Waals surface area contributed by atoms with Gasteiger partial charge in [0, 0.05) is 5.69 Å². The van der Waals surface area contributed by atoms with Crippen LogP contribution in [0.3, 0.4) is 0 Å². The van der Waals surface area contributed by atoms with Crippen LogP contribution in [0.1, 0.15) is 17.0 Å². The molecule has 0 fully saturated rings. The Kier molecular flexibility index (Phi) is 3.10. The van der Waals surface area contributed by atoms with Crippen molar-refractivity contribution in [3.05, 3.63) is 40.6 Å². The van der Waals surface area contributed by atoms with E-state index in [1.807, 2.05) is 6.07 Å². The van der Waals surface area contributed by atoms with Crippen LogP contribution in [0.15, 0.2) is 22.6 Å². The molecular weight excluding hydrogens is 226 g/mol. The summed E-state index contributed by atoms with van der Waals surface area (Å²) in [6, 6.07) is 6.13. The fourth-order valence-corrected chi connectivity index (χ4v) is 1.69. The largest absolute Gasteiger partial charge is 0.410 e. The Balaban J connectivity index is 2.10. The molecule has 0 aliphatic rings. The molecule has 84 valence electrons. The minimum absolute atomic E-state index is 0.0679. The van der Waals surface area contributed by atoms with E-state index < -0.39 is 0 Å². The highest BCUT2D eigenvalue weighted by Gasteiger charge is 2.05. The Hall–Kier alpha value is -1.55. The minimum Gasteiger partial charge on any atom is -0.410 e. The maximum Gasteiger partial charge on any atom is 0.312 e. The molecule has 2 rings (SSSR count). The van der Waals surface area contributed by atoms with Crippen molar-refractivity contribution in [2.24, 2.45) is 0 Å². The predicted molar refractivity (Wildman–Crippen MR) is 62.6 cm³/mol. The Morgan fingerprint density at radius 3 is 2.50 bits per heavy atom. The van der Waals surface area contributed by atoms with Gasteiger partial charge in [0.2, 0.25) is 5.89 Å². The number of hydrogen-bond donors (Lipinski definition) is 1. The maximum atomic E-state index is 5.54. The van der Waals surface area contributed by atoms with Crippen molar-refractivity contribution < 1.29 is 4.42 Å². The van der Waals surface area contributed by atoms with Gasteiger partial charge in [0.25, 0.3) is 0 Å². The molecule has 1 N–H and O–H groups in total. The average molecular weight is 238 g/mol. The lowest BCUT2D eigenvalue weighted by atomic mass is 10.1. The first-order valence-electron chi connectivity index (χ1n) is 4.95. The molecule has 0 aliphatic carbocycles. The highest BCUT2D eigenvalue weighted by Crippen LogP contribution is 2.20. The highest BCUT2D eigenvalue weighted by atomic mass is 35.5. The van der Waals surface area contributed by atoms with E-state index in [0.717, 1.165) is 5.69 Å². The number of anilines is 1. The number of para-hydroxylation sites is 1. The second kappa shape index (κ2) is 4.53. The second-order valence-corrected chi connectivity index (χ2v) is 3.89. The molecule has 0 radical (unpaired) electrons. The van der Waals surface area contributed by atoms with Crippen LogP contribution in [0.4, 0.5) is 5.69 Å². The van der Waals surface area contributed by atoms with Gasteiger partial charge in [-0.25, -0.2) is 0 Å². The zero-order valence-electron chi connectivity index (χ0n) is 9.12. The Bertz CT molecular complexity index is 475. The van der Waals surface area contributed by atoms with E-state index in [9.17, 15) is 0 Å². The lowest BCUT2D eigenvalue weighted by Gasteiger charge is -2.10. The summed E-state index contributed by atoms with van der Waals surface area (Å²) in [6.07, 6.45) is 0. The van der Waals surface area contributed by atoms with Gasteiger partial charge in [-0.15, -0.1) is 5.10 Å². The molecule has 1 aromatic heterocycles. The van der Waals surface area contributed by atoms with Crippen LogP contribution in [0.25, 0.3) is 0 Å². The number of aryl methyl sites for hydroxylation is 2. The van der Waals surface area contributed by atoms with Gasteiger partial charge in [0.15, 0.2) is 0 Å². The van der Waals surface area contributed by atoms with Crippen molar-refractivity contribution >= 4 is 17.3 Å². The van der Waals surface area contributed by atoms with Crippen molar-refractivity contribution in [3.63, 3.8) is 0 Å². The van der Waals surface area contributed by atoms with Crippen LogP contribution in [0, 0.1) is 13.8 Å². The fraction of sp³-hybridized carbons (Fsp3) is 0.273. The topological polar surface area (TPSA) is 51.0 Å². The van der Waals surface area contributed by atoms with E-state index in [2.05, 4.69) is 41.5 Å². The Labute approximate surface area is 98.6 Å². The van der Waals surface area contributed by atoms with E-state index in [-0.39, 0.29) is 5.35 Å². The SMILES string of the molecule is Cc1cccc(C)c1NCc1nnc(Cl)o1. The van der Waals surface area contributed by atoms with Gasteiger partial charge in [-0.05, 0) is 36.6 Å². The molecule has 16 heavy (non-hydrogen) atoms. The van der Waals surface area contributed by atoms with E-state index >= 15 is 0 Å². The van der Waals surface area contributed by atoms with Crippen molar-refractivity contribution in [1.82, 2.24) is 10.2 Å². The molecule has 5 heteroatoms. The number of halogens is 1. The third-order valence-electron chi connectivity index (χ3n) is 2.34. The van der Waals surface area contributed by atoms with E-state index in [0.29, 0.717) is 12.4 Å². The minimum atomic E-state index is 0.0679. The van der Waals surface area contributed by atoms with Crippen LogP contribution >= 0.6 is 11.6 Å². The molecular formula is C11H12ClN3O. The van der Waals surface area contributed by atoms with Gasteiger partial charge < -0.3 is 9.73 Å². The van der Waals surface area contributed by atoms with Gasteiger partial charge in [0.05, 0.1) is 6.54 Å². The Morgan fingerprint density at radius 1 is 1.25 bits per heavy atom. The molecule has 0 aliphatic heterocycles. The predicted octanol–water partition coefficient (Wildman–Crippen LogP) is 2.95. The second-order valence-electron chi connectivity index (χ2n) is 3.57. The zero-order valence-corrected chi connectivity index (χ0v) is 9.88. The van der Waals surface area contributed by atoms with Crippen LogP contribution < -0.4 is 5.32 Å². The fourth-order valence-electron chi connectivity index (χ4n) is 1.56. The first-order valence-corrected chi connectivity index (χ1v) is 5.32. The van der Waals surface area contributed by atoms with Gasteiger partial charge in [0.1, 0.15) is 0 Å². The number of nitrogens with zero attached hydrogens (tertiary/aromatic N) is 2. The molecule has 1 aromatic carbocycles. The van der Waals surface area contributed by atoms with Crippen molar-refractivity contribution in [1.29, 1.82) is 0 Å². The average Bonchev–Trinajstić information content (AvgIpc) is 2.63. The summed E-state index contributed by atoms with van der Waals surface area (Å²) in [5.74, 6) is 0.479. The number of aromatic nitrogens is 2. The first-order chi connectivity index (χ1) is 7.66. The third-order valence-corrected chi connectivity index (χ3v) is 2.49. The summed E-state index contributed by atoms with van der Waals surface area (Å²) in [5.41, 5.74) is 3.47. The van der Waals surface area contributed by atoms with Crippen molar-refractivity contribution in [2.75, 3.05) is 5.32 Å². The normalized spacial score (nSPS) is 10.4. The molecule has 1 heterocycles. The summed E-state index contributed by atoms with van der Waals surface area (Å²) >= 11 is 5.54. The lowest BCUT2D eigenvalue weighted by Crippen LogP contribution is -2.03. The van der Waals surface area contributed by atoms with Crippen molar-refractivity contribution in [2.45, 2.75) is 20.4 Å². The van der Waals surface area contributed by atoms with E-state index in [4.69, 9.17) is 16.0 Å². The van der Waals surface area contributed by atoms with Gasteiger partial charge in [-0.1, -0.05) is 23.3 Å². The molecule has 0 unspecified atom stereocenters. The smallest absolute Gasteiger partial charge is 0.312 e. The van der Waals surface area contributed by atoms with Crippen LogP contribution in [0.5, 0.6) is 0 Å². The lowest BCUT2D eigenvalue weighted by molar-refractivity contribution is 0.504. The van der Waals surface area contributed by atoms with E-state index in [1.54, 1.807) is 0 Å². The van der Waals surface area contributed by atoms with Crippen LogP contribution in [0.2, 0.25) is 5.35 Å².